The molecule has 0 aliphatic carbocycles. The van der Waals surface area contributed by atoms with Crippen molar-refractivity contribution in [3.63, 3.8) is 0 Å². The molecule has 4 N–H and O–H groups in total. The van der Waals surface area contributed by atoms with Crippen LogP contribution in [0, 0.1) is 0 Å². The first kappa shape index (κ1) is 13.7. The molecule has 2 rings (SSSR count). The number of fused-ring (bicyclic) bond motifs is 1. The van der Waals surface area contributed by atoms with Gasteiger partial charge in [0.1, 0.15) is 6.10 Å². The third-order valence-electron chi connectivity index (χ3n) is 2.75. The third-order valence-corrected chi connectivity index (χ3v) is 4.01. The number of aliphatic hydroxyl groups excluding tert-OH is 1. The van der Waals surface area contributed by atoms with E-state index >= 15 is 0 Å². The molecule has 1 aromatic rings. The Hall–Kier alpha value is -1.73. The highest BCUT2D eigenvalue weighted by atomic mass is 32.2. The zero-order chi connectivity index (χ0) is 14.0. The molecule has 1 aliphatic heterocycles. The second kappa shape index (κ2) is 5.10. The first-order valence-electron chi connectivity index (χ1n) is 5.78. The number of rotatable bonds is 4. The number of nitrogens with one attached hydrogen (secondary N) is 2. The molecule has 7 heteroatoms. The summed E-state index contributed by atoms with van der Waals surface area (Å²) in [6, 6.07) is 7.05. The maximum atomic E-state index is 11.7. The molecule has 0 bridgehead atoms. The molecule has 1 aliphatic rings. The van der Waals surface area contributed by atoms with Crippen LogP contribution in [-0.2, 0) is 9.59 Å². The Balaban J connectivity index is 2.24. The standard InChI is InChI=1S/C12H14N2O4S/c1-2-8(15)10(16)14-12(11(17)18)13-7-5-3-4-6-9(7)19-12/h3-6,8,13,15H,2H2,1H3,(H,14,16)(H,17,18). The van der Waals surface area contributed by atoms with Crippen LogP contribution in [0.3, 0.4) is 0 Å². The largest absolute Gasteiger partial charge is 0.477 e. The first-order chi connectivity index (χ1) is 8.98. The number of thioether (sulfide) groups is 1. The first-order valence-corrected chi connectivity index (χ1v) is 6.60. The number of carbonyl (C=O) groups is 2. The summed E-state index contributed by atoms with van der Waals surface area (Å²) in [6.45, 7) is 1.64. The molecular weight excluding hydrogens is 268 g/mol. The van der Waals surface area contributed by atoms with E-state index in [0.29, 0.717) is 5.69 Å². The zero-order valence-corrected chi connectivity index (χ0v) is 11.0. The number of carbonyl (C=O) groups excluding carboxylic acids is 1. The average Bonchev–Trinajstić information content (AvgIpc) is 2.76. The van der Waals surface area contributed by atoms with Gasteiger partial charge in [-0.25, -0.2) is 4.79 Å². The van der Waals surface area contributed by atoms with E-state index in [1.807, 2.05) is 0 Å². The fourth-order valence-electron chi connectivity index (χ4n) is 1.69. The molecule has 6 nitrogen and oxygen atoms in total. The maximum absolute atomic E-state index is 11.7. The summed E-state index contributed by atoms with van der Waals surface area (Å²) in [5.74, 6) is -1.93. The highest BCUT2D eigenvalue weighted by molar-refractivity contribution is 8.02. The number of carboxylic acids is 1. The van der Waals surface area contributed by atoms with Crippen molar-refractivity contribution >= 4 is 29.3 Å². The highest BCUT2D eigenvalue weighted by Crippen LogP contribution is 2.43. The van der Waals surface area contributed by atoms with Gasteiger partial charge in [0.05, 0.1) is 5.69 Å². The van der Waals surface area contributed by atoms with Crippen molar-refractivity contribution in [2.45, 2.75) is 29.3 Å². The van der Waals surface area contributed by atoms with Crippen LogP contribution in [0.15, 0.2) is 29.2 Å². The number of amides is 1. The number of carboxylic acid groups (broad SMARTS) is 1. The summed E-state index contributed by atoms with van der Waals surface area (Å²) in [4.78, 5) is 22.2. The molecule has 1 amide bonds. The molecule has 1 heterocycles. The van der Waals surface area contributed by atoms with E-state index in [9.17, 15) is 19.8 Å². The number of benzene rings is 1. The molecule has 0 saturated carbocycles. The quantitative estimate of drug-likeness (QED) is 0.653. The number of aliphatic carboxylic acids is 1. The number of aliphatic hydroxyl groups is 1. The molecular formula is C12H14N2O4S. The Morgan fingerprint density at radius 3 is 2.74 bits per heavy atom. The maximum Gasteiger partial charge on any atom is 0.362 e. The Morgan fingerprint density at radius 1 is 1.47 bits per heavy atom. The molecule has 0 aromatic heterocycles. The highest BCUT2D eigenvalue weighted by Gasteiger charge is 2.47. The van der Waals surface area contributed by atoms with E-state index in [4.69, 9.17) is 0 Å². The number of hydrogen-bond acceptors (Lipinski definition) is 5. The number of para-hydroxylation sites is 1. The van der Waals surface area contributed by atoms with Crippen molar-refractivity contribution in [1.29, 1.82) is 0 Å². The summed E-state index contributed by atoms with van der Waals surface area (Å²) >= 11 is 0.994. The van der Waals surface area contributed by atoms with Gasteiger partial charge in [-0.2, -0.15) is 0 Å². The van der Waals surface area contributed by atoms with Gasteiger partial charge in [0, 0.05) is 4.90 Å². The summed E-state index contributed by atoms with van der Waals surface area (Å²) in [5, 5.41) is 23.9. The van der Waals surface area contributed by atoms with Gasteiger partial charge in [-0.3, -0.25) is 4.79 Å². The second-order valence-electron chi connectivity index (χ2n) is 4.12. The second-order valence-corrected chi connectivity index (χ2v) is 5.38. The van der Waals surface area contributed by atoms with Gasteiger partial charge < -0.3 is 20.8 Å². The Kier molecular flexibility index (Phi) is 3.68. The molecule has 2 unspecified atom stereocenters. The Morgan fingerprint density at radius 2 is 2.16 bits per heavy atom. The lowest BCUT2D eigenvalue weighted by Crippen LogP contribution is -2.57. The molecule has 2 atom stereocenters. The van der Waals surface area contributed by atoms with Gasteiger partial charge in [0.25, 0.3) is 10.9 Å². The fraction of sp³-hybridized carbons (Fsp3) is 0.333. The summed E-state index contributed by atoms with van der Waals surface area (Å²) < 4.78 is 0. The minimum atomic E-state index is -1.67. The molecule has 1 aromatic carbocycles. The smallest absolute Gasteiger partial charge is 0.362 e. The van der Waals surface area contributed by atoms with E-state index in [-0.39, 0.29) is 6.42 Å². The molecule has 0 saturated heterocycles. The van der Waals surface area contributed by atoms with Crippen LogP contribution in [-0.4, -0.2) is 33.2 Å². The minimum Gasteiger partial charge on any atom is -0.477 e. The van der Waals surface area contributed by atoms with E-state index in [2.05, 4.69) is 10.6 Å². The number of hydrogen-bond donors (Lipinski definition) is 4. The van der Waals surface area contributed by atoms with Gasteiger partial charge in [0.15, 0.2) is 0 Å². The molecule has 102 valence electrons. The minimum absolute atomic E-state index is 0.221. The van der Waals surface area contributed by atoms with Crippen LogP contribution in [0.25, 0.3) is 0 Å². The van der Waals surface area contributed by atoms with Gasteiger partial charge in [-0.1, -0.05) is 30.8 Å². The van der Waals surface area contributed by atoms with E-state index in [1.54, 1.807) is 31.2 Å². The van der Waals surface area contributed by atoms with Crippen LogP contribution in [0.2, 0.25) is 0 Å². The lowest BCUT2D eigenvalue weighted by molar-refractivity contribution is -0.143. The fourth-order valence-corrected chi connectivity index (χ4v) is 2.79. The summed E-state index contributed by atoms with van der Waals surface area (Å²) in [6.07, 6.45) is -0.999. The van der Waals surface area contributed by atoms with Gasteiger partial charge in [-0.15, -0.1) is 0 Å². The molecule has 19 heavy (non-hydrogen) atoms. The average molecular weight is 282 g/mol. The van der Waals surface area contributed by atoms with Gasteiger partial charge in [-0.05, 0) is 18.6 Å². The summed E-state index contributed by atoms with van der Waals surface area (Å²) in [5.41, 5.74) is 0.640. The SMILES string of the molecule is CCC(O)C(=O)NC1(C(=O)O)Nc2ccccc2S1. The zero-order valence-electron chi connectivity index (χ0n) is 10.2. The van der Waals surface area contributed by atoms with Crippen molar-refractivity contribution < 1.29 is 19.8 Å². The lowest BCUT2D eigenvalue weighted by Gasteiger charge is -2.26. The van der Waals surface area contributed by atoms with Crippen molar-refractivity contribution in [3.05, 3.63) is 24.3 Å². The Labute approximate surface area is 114 Å². The Bertz CT molecular complexity index is 495. The molecule has 0 fully saturated rings. The monoisotopic (exact) mass is 282 g/mol. The normalized spacial score (nSPS) is 22.2. The van der Waals surface area contributed by atoms with Crippen LogP contribution in [0.4, 0.5) is 5.69 Å². The van der Waals surface area contributed by atoms with Crippen LogP contribution in [0.5, 0.6) is 0 Å². The predicted molar refractivity (Wildman–Crippen MR) is 70.7 cm³/mol. The van der Waals surface area contributed by atoms with Crippen LogP contribution >= 0.6 is 11.8 Å². The van der Waals surface area contributed by atoms with Crippen molar-refractivity contribution in [3.8, 4) is 0 Å². The lowest BCUT2D eigenvalue weighted by atomic mass is 10.2. The number of anilines is 1. The topological polar surface area (TPSA) is 98.7 Å². The van der Waals surface area contributed by atoms with Crippen LogP contribution in [0.1, 0.15) is 13.3 Å². The third kappa shape index (κ3) is 2.52. The molecule has 0 spiro atoms. The van der Waals surface area contributed by atoms with Crippen LogP contribution < -0.4 is 10.6 Å². The molecule has 0 radical (unpaired) electrons. The van der Waals surface area contributed by atoms with E-state index in [0.717, 1.165) is 16.7 Å². The van der Waals surface area contributed by atoms with Gasteiger partial charge >= 0.3 is 5.97 Å². The van der Waals surface area contributed by atoms with Gasteiger partial charge in [0.2, 0.25) is 0 Å². The van der Waals surface area contributed by atoms with Crippen molar-refractivity contribution in [1.82, 2.24) is 5.32 Å². The van der Waals surface area contributed by atoms with E-state index < -0.39 is 23.0 Å². The van der Waals surface area contributed by atoms with Crippen molar-refractivity contribution in [2.75, 3.05) is 5.32 Å². The van der Waals surface area contributed by atoms with E-state index in [1.165, 1.54) is 0 Å². The van der Waals surface area contributed by atoms with Crippen molar-refractivity contribution in [2.24, 2.45) is 0 Å². The predicted octanol–water partition coefficient (Wildman–Crippen LogP) is 0.830. The summed E-state index contributed by atoms with van der Waals surface area (Å²) in [7, 11) is 0.